The van der Waals surface area contributed by atoms with Crippen molar-refractivity contribution in [2.75, 3.05) is 12.1 Å². The first-order chi connectivity index (χ1) is 15.2. The third-order valence-electron chi connectivity index (χ3n) is 5.68. The molecule has 3 aromatic carbocycles. The van der Waals surface area contributed by atoms with Crippen molar-refractivity contribution < 1.29 is 19.1 Å². The van der Waals surface area contributed by atoms with Crippen LogP contribution in [0.4, 0.5) is 5.69 Å². The molecule has 1 fully saturated rings. The topological polar surface area (TPSA) is 67.9 Å². The molecular formula is C25H22N2O4. The predicted molar refractivity (Wildman–Crippen MR) is 117 cm³/mol. The molecule has 2 aliphatic rings. The molecular weight excluding hydrogens is 392 g/mol. The zero-order valence-electron chi connectivity index (χ0n) is 16.9. The van der Waals surface area contributed by atoms with Crippen molar-refractivity contribution in [1.82, 2.24) is 4.90 Å². The van der Waals surface area contributed by atoms with E-state index in [0.717, 1.165) is 16.7 Å². The van der Waals surface area contributed by atoms with Gasteiger partial charge >= 0.3 is 0 Å². The summed E-state index contributed by atoms with van der Waals surface area (Å²) < 4.78 is 10.8. The summed E-state index contributed by atoms with van der Waals surface area (Å²) in [5.74, 6) is 1.18. The van der Waals surface area contributed by atoms with Gasteiger partial charge in [-0.3, -0.25) is 9.59 Å². The molecule has 1 N–H and O–H groups in total. The standard InChI is InChI=1S/C25H22N2O4/c28-24-13-11-21(27(24)15-17-6-12-22-23(14-17)31-16-30-22)25(29)26-20-9-7-19(8-10-20)18-4-2-1-3-5-18/h1-10,12,14,21H,11,13,15-16H2,(H,26,29). The van der Waals surface area contributed by atoms with Gasteiger partial charge in [-0.1, -0.05) is 48.5 Å². The number of amides is 2. The van der Waals surface area contributed by atoms with Crippen molar-refractivity contribution in [2.45, 2.75) is 25.4 Å². The molecule has 2 amide bonds. The van der Waals surface area contributed by atoms with Crippen LogP contribution in [-0.4, -0.2) is 29.5 Å². The van der Waals surface area contributed by atoms with Crippen molar-refractivity contribution in [1.29, 1.82) is 0 Å². The van der Waals surface area contributed by atoms with Crippen molar-refractivity contribution >= 4 is 17.5 Å². The lowest BCUT2D eigenvalue weighted by Gasteiger charge is -2.24. The van der Waals surface area contributed by atoms with Crippen molar-refractivity contribution in [2.24, 2.45) is 0 Å². The van der Waals surface area contributed by atoms with Gasteiger partial charge < -0.3 is 19.7 Å². The minimum absolute atomic E-state index is 0.0164. The lowest BCUT2D eigenvalue weighted by atomic mass is 10.1. The summed E-state index contributed by atoms with van der Waals surface area (Å²) >= 11 is 0. The van der Waals surface area contributed by atoms with E-state index in [2.05, 4.69) is 5.32 Å². The molecule has 0 bridgehead atoms. The van der Waals surface area contributed by atoms with E-state index in [1.807, 2.05) is 72.8 Å². The highest BCUT2D eigenvalue weighted by Crippen LogP contribution is 2.33. The largest absolute Gasteiger partial charge is 0.454 e. The Morgan fingerprint density at radius 1 is 0.935 bits per heavy atom. The average Bonchev–Trinajstić information content (AvgIpc) is 3.41. The maximum Gasteiger partial charge on any atom is 0.247 e. The van der Waals surface area contributed by atoms with Gasteiger partial charge in [-0.05, 0) is 47.4 Å². The number of ether oxygens (including phenoxy) is 2. The van der Waals surface area contributed by atoms with Crippen molar-refractivity contribution in [3.05, 3.63) is 78.4 Å². The van der Waals surface area contributed by atoms with Crippen LogP contribution in [0.3, 0.4) is 0 Å². The lowest BCUT2D eigenvalue weighted by molar-refractivity contribution is -0.133. The van der Waals surface area contributed by atoms with Crippen LogP contribution in [0.15, 0.2) is 72.8 Å². The fourth-order valence-electron chi connectivity index (χ4n) is 4.04. The second-order valence-electron chi connectivity index (χ2n) is 7.70. The van der Waals surface area contributed by atoms with Gasteiger partial charge in [-0.15, -0.1) is 0 Å². The molecule has 0 radical (unpaired) electrons. The Hall–Kier alpha value is -3.80. The highest BCUT2D eigenvalue weighted by atomic mass is 16.7. The summed E-state index contributed by atoms with van der Waals surface area (Å²) in [6.45, 7) is 0.566. The molecule has 6 nitrogen and oxygen atoms in total. The number of hydrogen-bond donors (Lipinski definition) is 1. The van der Waals surface area contributed by atoms with Crippen LogP contribution in [0.25, 0.3) is 11.1 Å². The molecule has 1 atom stereocenters. The molecule has 0 spiro atoms. The maximum atomic E-state index is 13.0. The van der Waals surface area contributed by atoms with E-state index in [0.29, 0.717) is 36.6 Å². The number of hydrogen-bond acceptors (Lipinski definition) is 4. The molecule has 1 unspecified atom stereocenters. The zero-order chi connectivity index (χ0) is 21.2. The van der Waals surface area contributed by atoms with Gasteiger partial charge in [0, 0.05) is 18.7 Å². The van der Waals surface area contributed by atoms with Gasteiger partial charge in [0.25, 0.3) is 0 Å². The average molecular weight is 414 g/mol. The number of rotatable bonds is 5. The molecule has 156 valence electrons. The number of anilines is 1. The molecule has 6 heteroatoms. The third-order valence-corrected chi connectivity index (χ3v) is 5.68. The number of nitrogens with zero attached hydrogens (tertiary/aromatic N) is 1. The number of carbonyl (C=O) groups is 2. The second-order valence-corrected chi connectivity index (χ2v) is 7.70. The first-order valence-electron chi connectivity index (χ1n) is 10.3. The Kier molecular flexibility index (Phi) is 5.04. The molecule has 0 saturated carbocycles. The Morgan fingerprint density at radius 3 is 2.48 bits per heavy atom. The van der Waals surface area contributed by atoms with Crippen LogP contribution >= 0.6 is 0 Å². The van der Waals surface area contributed by atoms with Gasteiger partial charge in [0.05, 0.1) is 0 Å². The summed E-state index contributed by atoms with van der Waals surface area (Å²) in [7, 11) is 0. The number of carbonyl (C=O) groups excluding carboxylic acids is 2. The minimum atomic E-state index is -0.494. The van der Waals surface area contributed by atoms with Crippen molar-refractivity contribution in [3.63, 3.8) is 0 Å². The van der Waals surface area contributed by atoms with E-state index in [9.17, 15) is 9.59 Å². The fraction of sp³-hybridized carbons (Fsp3) is 0.200. The maximum absolute atomic E-state index is 13.0. The Balaban J connectivity index is 1.27. The van der Waals surface area contributed by atoms with Gasteiger partial charge in [0.15, 0.2) is 11.5 Å². The van der Waals surface area contributed by atoms with E-state index in [-0.39, 0.29) is 18.6 Å². The number of likely N-dealkylation sites (tertiary alicyclic amines) is 1. The summed E-state index contributed by atoms with van der Waals surface area (Å²) in [4.78, 5) is 27.1. The smallest absolute Gasteiger partial charge is 0.247 e. The van der Waals surface area contributed by atoms with Crippen LogP contribution in [0, 0.1) is 0 Å². The van der Waals surface area contributed by atoms with E-state index in [1.54, 1.807) is 4.90 Å². The number of benzene rings is 3. The molecule has 1 saturated heterocycles. The van der Waals surface area contributed by atoms with Gasteiger partial charge in [-0.2, -0.15) is 0 Å². The predicted octanol–water partition coefficient (Wildman–Crippen LogP) is 4.21. The molecule has 31 heavy (non-hydrogen) atoms. The zero-order valence-corrected chi connectivity index (χ0v) is 16.9. The van der Waals surface area contributed by atoms with E-state index in [1.165, 1.54) is 0 Å². The fourth-order valence-corrected chi connectivity index (χ4v) is 4.04. The Bertz CT molecular complexity index is 1110. The summed E-state index contributed by atoms with van der Waals surface area (Å²) in [5.41, 5.74) is 3.83. The number of fused-ring (bicyclic) bond motifs is 1. The SMILES string of the molecule is O=C(Nc1ccc(-c2ccccc2)cc1)C1CCC(=O)N1Cc1ccc2c(c1)OCO2. The first kappa shape index (κ1) is 19.2. The van der Waals surface area contributed by atoms with Crippen LogP contribution in [0.5, 0.6) is 11.5 Å². The third kappa shape index (κ3) is 3.97. The Morgan fingerprint density at radius 2 is 1.68 bits per heavy atom. The monoisotopic (exact) mass is 414 g/mol. The minimum Gasteiger partial charge on any atom is -0.454 e. The summed E-state index contributed by atoms with van der Waals surface area (Å²) in [5, 5.41) is 2.96. The molecule has 5 rings (SSSR count). The second kappa shape index (κ2) is 8.14. The lowest BCUT2D eigenvalue weighted by Crippen LogP contribution is -2.41. The van der Waals surface area contributed by atoms with Crippen molar-refractivity contribution in [3.8, 4) is 22.6 Å². The first-order valence-corrected chi connectivity index (χ1v) is 10.3. The molecule has 0 aliphatic carbocycles. The molecule has 3 aromatic rings. The molecule has 2 heterocycles. The van der Waals surface area contributed by atoms with Gasteiger partial charge in [-0.25, -0.2) is 0 Å². The van der Waals surface area contributed by atoms with Crippen LogP contribution in [0.2, 0.25) is 0 Å². The van der Waals surface area contributed by atoms with E-state index < -0.39 is 6.04 Å². The number of nitrogens with one attached hydrogen (secondary N) is 1. The summed E-state index contributed by atoms with van der Waals surface area (Å²) in [6.07, 6.45) is 0.882. The normalized spacial score (nSPS) is 17.1. The quantitative estimate of drug-likeness (QED) is 0.679. The van der Waals surface area contributed by atoms with Crippen LogP contribution in [0.1, 0.15) is 18.4 Å². The Labute approximate surface area is 180 Å². The summed E-state index contributed by atoms with van der Waals surface area (Å²) in [6, 6.07) is 22.9. The highest BCUT2D eigenvalue weighted by Gasteiger charge is 2.36. The van der Waals surface area contributed by atoms with E-state index >= 15 is 0 Å². The van der Waals surface area contributed by atoms with Crippen LogP contribution < -0.4 is 14.8 Å². The van der Waals surface area contributed by atoms with Gasteiger partial charge in [0.1, 0.15) is 6.04 Å². The van der Waals surface area contributed by atoms with Gasteiger partial charge in [0.2, 0.25) is 18.6 Å². The highest BCUT2D eigenvalue weighted by molar-refractivity contribution is 5.99. The van der Waals surface area contributed by atoms with E-state index in [4.69, 9.17) is 9.47 Å². The van der Waals surface area contributed by atoms with Crippen LogP contribution in [-0.2, 0) is 16.1 Å². The molecule has 0 aromatic heterocycles. The molecule has 2 aliphatic heterocycles.